The second kappa shape index (κ2) is 22.2. The summed E-state index contributed by atoms with van der Waals surface area (Å²) in [5.41, 5.74) is -0.108. The minimum Gasteiger partial charge on any atom is -0.494 e. The first-order valence-corrected chi connectivity index (χ1v) is 26.4. The van der Waals surface area contributed by atoms with Crippen molar-refractivity contribution in [1.82, 2.24) is 15.0 Å². The van der Waals surface area contributed by atoms with Crippen molar-refractivity contribution in [3.8, 4) is 11.7 Å². The predicted molar refractivity (Wildman–Crippen MR) is 269 cm³/mol. The molecule has 6 N–H and O–H groups in total. The minimum absolute atomic E-state index is 0.0133. The highest BCUT2D eigenvalue weighted by molar-refractivity contribution is 7.86. The number of methoxy groups -OCH3 is 1. The summed E-state index contributed by atoms with van der Waals surface area (Å²) in [7, 11) is -14.9. The number of anilines is 5. The number of aromatic carboxylic acids is 1. The Morgan fingerprint density at radius 2 is 1.29 bits per heavy atom. The molecule has 2 heterocycles. The summed E-state index contributed by atoms with van der Waals surface area (Å²) in [5.74, 6) is -1.91. The van der Waals surface area contributed by atoms with Gasteiger partial charge in [0.25, 0.3) is 30.4 Å². The summed E-state index contributed by atoms with van der Waals surface area (Å²) in [6.45, 7) is 1.17. The van der Waals surface area contributed by atoms with Gasteiger partial charge in [0.15, 0.2) is 0 Å². The first-order chi connectivity index (χ1) is 35.8. The van der Waals surface area contributed by atoms with Gasteiger partial charge in [0.2, 0.25) is 5.91 Å². The molecule has 8 aromatic rings. The quantitative estimate of drug-likeness (QED) is 0.0335. The molecule has 76 heavy (non-hydrogen) atoms. The molecule has 0 atom stereocenters. The number of fused-ring (bicyclic) bond motifs is 2. The van der Waals surface area contributed by atoms with Gasteiger partial charge in [0.1, 0.15) is 37.5 Å². The van der Waals surface area contributed by atoms with Gasteiger partial charge in [-0.2, -0.15) is 25.3 Å². The molecule has 8 rings (SSSR count). The van der Waals surface area contributed by atoms with Gasteiger partial charge in [-0.25, -0.2) is 9.36 Å². The zero-order chi connectivity index (χ0) is 55.3. The Labute approximate surface area is 431 Å². The van der Waals surface area contributed by atoms with Gasteiger partial charge in [-0.05, 0) is 82.1 Å². The summed E-state index contributed by atoms with van der Waals surface area (Å²) in [5, 5.41) is 32.0. The molecular weight excluding hydrogens is 1080 g/mol. The average Bonchev–Trinajstić information content (AvgIpc) is 3.36. The Balaban J connectivity index is 0.00000203. The van der Waals surface area contributed by atoms with Crippen molar-refractivity contribution in [2.75, 3.05) is 29.7 Å². The zero-order valence-electron chi connectivity index (χ0n) is 39.0. The number of carbonyl (C=O) groups is 2. The van der Waals surface area contributed by atoms with Gasteiger partial charge in [0, 0.05) is 41.9 Å². The fraction of sp³-hybridized carbons (Fsp3) is 0.0667. The molecular formula is C45H36N11O16S4+. The van der Waals surface area contributed by atoms with E-state index in [9.17, 15) is 53.6 Å². The van der Waals surface area contributed by atoms with Gasteiger partial charge in [-0.1, -0.05) is 42.5 Å². The maximum absolute atomic E-state index is 13.0. The largest absolute Gasteiger partial charge is 0.494 e. The number of ether oxygens (including phenoxy) is 1. The van der Waals surface area contributed by atoms with Crippen LogP contribution in [0.15, 0.2) is 163 Å². The van der Waals surface area contributed by atoms with Crippen LogP contribution in [0.2, 0.25) is 0 Å². The molecule has 27 nitrogen and oxygen atoms in total. The number of hydrogen-bond donors (Lipinski definition) is 6. The Kier molecular flexibility index (Phi) is 15.9. The van der Waals surface area contributed by atoms with E-state index in [1.165, 1.54) is 91.7 Å². The third kappa shape index (κ3) is 12.8. The molecule has 0 aliphatic heterocycles. The van der Waals surface area contributed by atoms with E-state index in [1.54, 1.807) is 36.2 Å². The molecule has 0 radical (unpaired) electrons. The number of nitrogens with zero attached hydrogens (tertiary/aromatic N) is 9. The van der Waals surface area contributed by atoms with E-state index in [0.29, 0.717) is 5.69 Å². The van der Waals surface area contributed by atoms with Crippen LogP contribution in [0.5, 0.6) is 5.75 Å². The molecule has 0 aliphatic rings. The molecule has 2 aromatic heterocycles. The van der Waals surface area contributed by atoms with E-state index < -0.39 is 73.2 Å². The number of carbonyl (C=O) groups excluding carboxylic acids is 1. The lowest BCUT2D eigenvalue weighted by Gasteiger charge is -2.16. The highest BCUT2D eigenvalue weighted by atomic mass is 32.2. The van der Waals surface area contributed by atoms with Crippen molar-refractivity contribution < 1.29 is 75.5 Å². The van der Waals surface area contributed by atoms with E-state index in [2.05, 4.69) is 46.0 Å². The lowest BCUT2D eigenvalue weighted by atomic mass is 10.1. The number of amides is 1. The van der Waals surface area contributed by atoms with Crippen molar-refractivity contribution in [2.24, 2.45) is 20.5 Å². The Hall–Kier alpha value is -9.11. The van der Waals surface area contributed by atoms with Crippen LogP contribution in [0.25, 0.3) is 27.5 Å². The fourth-order valence-corrected chi connectivity index (χ4v) is 9.29. The Morgan fingerprint density at radius 3 is 1.93 bits per heavy atom. The van der Waals surface area contributed by atoms with Crippen LogP contribution in [-0.2, 0) is 45.8 Å². The fourth-order valence-electron chi connectivity index (χ4n) is 7.21. The van der Waals surface area contributed by atoms with Crippen LogP contribution in [0.4, 0.5) is 51.7 Å². The number of carboxylic acid groups (broad SMARTS) is 1. The van der Waals surface area contributed by atoms with Crippen LogP contribution in [0, 0.1) is 0 Å². The van der Waals surface area contributed by atoms with Crippen LogP contribution in [0.3, 0.4) is 0 Å². The number of hydrogen-bond acceptors (Lipinski definition) is 21. The van der Waals surface area contributed by atoms with Gasteiger partial charge in [-0.15, -0.1) is 38.1 Å². The van der Waals surface area contributed by atoms with E-state index in [-0.39, 0.29) is 79.1 Å². The minimum atomic E-state index is -5.00. The third-order valence-corrected chi connectivity index (χ3v) is 13.1. The summed E-state index contributed by atoms with van der Waals surface area (Å²) in [4.78, 5) is 37.7. The maximum Gasteiger partial charge on any atom is 0.444 e. The molecule has 1 amide bonds. The Morgan fingerprint density at radius 1 is 0.658 bits per heavy atom. The highest BCUT2D eigenvalue weighted by Crippen LogP contribution is 2.43. The van der Waals surface area contributed by atoms with Gasteiger partial charge < -0.3 is 20.5 Å². The summed E-state index contributed by atoms with van der Waals surface area (Å²) >= 11 is 0. The van der Waals surface area contributed by atoms with Crippen LogP contribution in [-0.4, -0.2) is 97.6 Å². The van der Waals surface area contributed by atoms with Crippen molar-refractivity contribution in [3.63, 3.8) is 0 Å². The number of rotatable bonds is 15. The number of carboxylic acids is 1. The average molecular weight is 1120 g/mol. The van der Waals surface area contributed by atoms with E-state index in [0.717, 1.165) is 24.3 Å². The van der Waals surface area contributed by atoms with Gasteiger partial charge in [0.05, 0.1) is 42.1 Å². The second-order valence-electron chi connectivity index (χ2n) is 15.4. The SMILES string of the molecule is COc1cc(N=Nc2cc3c(S(=O)(=O)O)cccc3cc2S(=O)(=O)O)c(NC(C)=O)cc1N=Nc1ccc(Nc2nc(N(C)c3ccccc3)nc(-[n+]3cccc(C(=O)O)c3)n2)c2c(S(=O)(=O)O)cccc12.O=S(=O)=O. The number of nitrogens with one attached hydrogen (secondary N) is 2. The summed E-state index contributed by atoms with van der Waals surface area (Å²) < 4.78 is 138. The van der Waals surface area contributed by atoms with E-state index >= 15 is 0 Å². The molecule has 390 valence electrons. The molecule has 31 heteroatoms. The molecule has 0 unspecified atom stereocenters. The van der Waals surface area contributed by atoms with Crippen LogP contribution in [0.1, 0.15) is 17.3 Å². The van der Waals surface area contributed by atoms with Crippen molar-refractivity contribution in [2.45, 2.75) is 21.6 Å². The third-order valence-electron chi connectivity index (χ3n) is 10.5. The second-order valence-corrected chi connectivity index (χ2v) is 20.0. The highest BCUT2D eigenvalue weighted by Gasteiger charge is 2.26. The smallest absolute Gasteiger partial charge is 0.444 e. The van der Waals surface area contributed by atoms with Crippen molar-refractivity contribution in [3.05, 3.63) is 133 Å². The first kappa shape index (κ1) is 54.7. The zero-order valence-corrected chi connectivity index (χ0v) is 42.2. The normalized spacial score (nSPS) is 11.8. The van der Waals surface area contributed by atoms with Crippen LogP contribution >= 0.6 is 0 Å². The number of azo groups is 2. The Bertz CT molecular complexity index is 4190. The molecule has 0 saturated heterocycles. The molecule has 0 bridgehead atoms. The molecule has 0 aliphatic carbocycles. The monoisotopic (exact) mass is 1110 g/mol. The molecule has 0 fully saturated rings. The lowest BCUT2D eigenvalue weighted by molar-refractivity contribution is -0.603. The topological polar surface area (TPSA) is 397 Å². The molecule has 6 aromatic carbocycles. The number of aromatic nitrogens is 4. The van der Waals surface area contributed by atoms with E-state index in [4.69, 9.17) is 17.4 Å². The maximum atomic E-state index is 13.0. The number of pyridine rings is 1. The summed E-state index contributed by atoms with van der Waals surface area (Å²) in [6, 6.07) is 26.9. The molecule has 0 spiro atoms. The van der Waals surface area contributed by atoms with Crippen molar-refractivity contribution in [1.29, 1.82) is 0 Å². The number of para-hydroxylation sites is 1. The van der Waals surface area contributed by atoms with Crippen molar-refractivity contribution >= 4 is 126 Å². The summed E-state index contributed by atoms with van der Waals surface area (Å²) in [6.07, 6.45) is 2.82. The first-order valence-electron chi connectivity index (χ1n) is 21.0. The standard InChI is InChI=1S/C45H35N11O13S3.O3S/c1-25(57)46-33-22-35(37(69-3)23-34(33)52-54-36-21-30-26(20-40(36)72(66,67)68)10-7-15-38(30)70(60,61)62)53-51-31-17-18-32(41-29(31)14-8-16-39(41)71(63,64)65)47-43-48-44(55(2)28-12-5-4-6-13-28)50-45(49-43)56-19-9-11-27(24-56)42(58)59;1-4(2)3/h4-24H,1-3H3,(H5-,46,47,48,49,50,53,54,57,58,59,60,61,62,63,64,65,66,67,68);/p+1. The molecule has 0 saturated carbocycles. The van der Waals surface area contributed by atoms with Crippen LogP contribution < -0.4 is 24.8 Å². The van der Waals surface area contributed by atoms with Gasteiger partial charge in [-0.3, -0.25) is 23.4 Å². The number of benzene rings is 6. The van der Waals surface area contributed by atoms with Gasteiger partial charge >= 0.3 is 34.4 Å². The lowest BCUT2D eigenvalue weighted by Crippen LogP contribution is -2.34. The van der Waals surface area contributed by atoms with E-state index in [1.807, 2.05) is 6.07 Å². The predicted octanol–water partition coefficient (Wildman–Crippen LogP) is 7.20.